The van der Waals surface area contributed by atoms with Crippen molar-refractivity contribution in [3.8, 4) is 21.7 Å². The highest BCUT2D eigenvalue weighted by Gasteiger charge is 2.27. The predicted molar refractivity (Wildman–Crippen MR) is 107 cm³/mol. The molecule has 26 heavy (non-hydrogen) atoms. The van der Waals surface area contributed by atoms with Crippen molar-refractivity contribution >= 4 is 17.1 Å². The molecular formula is C23H17NOS. The average molecular weight is 355 g/mol. The highest BCUT2D eigenvalue weighted by atomic mass is 32.1. The van der Waals surface area contributed by atoms with Crippen molar-refractivity contribution in [3.05, 3.63) is 95.0 Å². The van der Waals surface area contributed by atoms with E-state index in [1.54, 1.807) is 11.3 Å². The Hall–Kier alpha value is -2.91. The molecule has 0 spiro atoms. The number of hydrogen-bond acceptors (Lipinski definition) is 2. The molecule has 3 heteroatoms. The minimum atomic E-state index is 0.0969. The first kappa shape index (κ1) is 15.4. The zero-order chi connectivity index (χ0) is 17.5. The van der Waals surface area contributed by atoms with Crippen LogP contribution in [0.1, 0.15) is 21.6 Å². The van der Waals surface area contributed by atoms with E-state index < -0.39 is 0 Å². The zero-order valence-electron chi connectivity index (χ0n) is 14.2. The van der Waals surface area contributed by atoms with Gasteiger partial charge in [-0.25, -0.2) is 0 Å². The van der Waals surface area contributed by atoms with Gasteiger partial charge in [0.15, 0.2) is 0 Å². The van der Waals surface area contributed by atoms with Gasteiger partial charge in [-0.05, 0) is 29.5 Å². The lowest BCUT2D eigenvalue weighted by Gasteiger charge is -2.21. The summed E-state index contributed by atoms with van der Waals surface area (Å²) in [6.07, 6.45) is 0.955. The quantitative estimate of drug-likeness (QED) is 0.434. The van der Waals surface area contributed by atoms with E-state index in [-0.39, 0.29) is 5.78 Å². The number of rotatable bonds is 3. The number of aryl methyl sites for hydroxylation is 1. The molecule has 2 aromatic heterocycles. The number of aromatic nitrogens is 1. The number of carbonyl (C=O) groups is 1. The Morgan fingerprint density at radius 3 is 2.50 bits per heavy atom. The van der Waals surface area contributed by atoms with Gasteiger partial charge < -0.3 is 4.57 Å². The first-order chi connectivity index (χ1) is 12.8. The fourth-order valence-corrected chi connectivity index (χ4v) is 4.56. The predicted octanol–water partition coefficient (Wildman–Crippen LogP) is 5.67. The normalized spacial score (nSPS) is 12.5. The molecule has 1 aliphatic rings. The van der Waals surface area contributed by atoms with Gasteiger partial charge in [0.05, 0.1) is 5.69 Å². The van der Waals surface area contributed by atoms with Gasteiger partial charge in [0.25, 0.3) is 0 Å². The number of carbonyl (C=O) groups excluding carboxylic acids is 1. The first-order valence-corrected chi connectivity index (χ1v) is 9.66. The molecule has 0 radical (unpaired) electrons. The van der Waals surface area contributed by atoms with Crippen molar-refractivity contribution in [2.24, 2.45) is 0 Å². The van der Waals surface area contributed by atoms with Gasteiger partial charge in [0.1, 0.15) is 0 Å². The minimum absolute atomic E-state index is 0.0969. The molecule has 0 bridgehead atoms. The number of fused-ring (bicyclic) bond motifs is 3. The van der Waals surface area contributed by atoms with Crippen LogP contribution in [0.15, 0.2) is 78.2 Å². The largest absolute Gasteiger partial charge is 0.337 e. The Bertz CT molecular complexity index is 1090. The molecule has 1 aliphatic heterocycles. The molecule has 126 valence electrons. The van der Waals surface area contributed by atoms with Crippen molar-refractivity contribution in [2.45, 2.75) is 13.0 Å². The highest BCUT2D eigenvalue weighted by Crippen LogP contribution is 2.39. The molecule has 0 fully saturated rings. The van der Waals surface area contributed by atoms with E-state index in [9.17, 15) is 4.79 Å². The Balaban J connectivity index is 1.77. The molecular weight excluding hydrogens is 338 g/mol. The summed E-state index contributed by atoms with van der Waals surface area (Å²) in [4.78, 5) is 14.5. The SMILES string of the molecule is O=C(c1ccccc1)c1c(-c2cccs2)cc2n1CCc1ccccc1-2. The Labute approximate surface area is 156 Å². The summed E-state index contributed by atoms with van der Waals surface area (Å²) in [6.45, 7) is 0.839. The second-order valence-electron chi connectivity index (χ2n) is 6.52. The molecule has 3 heterocycles. The molecule has 0 atom stereocenters. The Morgan fingerprint density at radius 1 is 0.885 bits per heavy atom. The van der Waals surface area contributed by atoms with Gasteiger partial charge in [-0.2, -0.15) is 0 Å². The topological polar surface area (TPSA) is 22.0 Å². The number of thiophene rings is 1. The average Bonchev–Trinajstić information content (AvgIpc) is 3.35. The Kier molecular flexibility index (Phi) is 3.61. The van der Waals surface area contributed by atoms with Gasteiger partial charge in [-0.15, -0.1) is 11.3 Å². The van der Waals surface area contributed by atoms with Crippen LogP contribution in [-0.2, 0) is 13.0 Å². The maximum absolute atomic E-state index is 13.4. The Morgan fingerprint density at radius 2 is 1.69 bits per heavy atom. The third-order valence-electron chi connectivity index (χ3n) is 5.03. The van der Waals surface area contributed by atoms with Gasteiger partial charge >= 0.3 is 0 Å². The molecule has 0 saturated carbocycles. The molecule has 4 aromatic rings. The van der Waals surface area contributed by atoms with Crippen molar-refractivity contribution in [1.29, 1.82) is 0 Å². The lowest BCUT2D eigenvalue weighted by atomic mass is 9.99. The van der Waals surface area contributed by atoms with Gasteiger partial charge in [-0.1, -0.05) is 60.7 Å². The second-order valence-corrected chi connectivity index (χ2v) is 7.47. The van der Waals surface area contributed by atoms with Gasteiger partial charge in [-0.3, -0.25) is 4.79 Å². The van der Waals surface area contributed by atoms with Crippen LogP contribution in [0, 0.1) is 0 Å². The standard InChI is InChI=1S/C23H17NOS/c25-23(17-8-2-1-3-9-17)22-19(21-11-6-14-26-21)15-20-18-10-5-4-7-16(18)12-13-24(20)22/h1-11,14-15H,12-13H2. The monoisotopic (exact) mass is 355 g/mol. The highest BCUT2D eigenvalue weighted by molar-refractivity contribution is 7.13. The molecule has 0 unspecified atom stereocenters. The lowest BCUT2D eigenvalue weighted by molar-refractivity contribution is 0.103. The summed E-state index contributed by atoms with van der Waals surface area (Å²) in [6, 6.07) is 24.4. The molecule has 5 rings (SSSR count). The van der Waals surface area contributed by atoms with Crippen LogP contribution in [-0.4, -0.2) is 10.4 Å². The smallest absolute Gasteiger partial charge is 0.210 e. The van der Waals surface area contributed by atoms with Gasteiger partial charge in [0.2, 0.25) is 5.78 Å². The summed E-state index contributed by atoms with van der Waals surface area (Å²) >= 11 is 1.68. The summed E-state index contributed by atoms with van der Waals surface area (Å²) < 4.78 is 2.22. The molecule has 0 N–H and O–H groups in total. The number of benzene rings is 2. The number of hydrogen-bond donors (Lipinski definition) is 0. The molecule has 2 aromatic carbocycles. The summed E-state index contributed by atoms with van der Waals surface area (Å²) in [7, 11) is 0. The molecule has 0 amide bonds. The van der Waals surface area contributed by atoms with E-state index in [0.717, 1.165) is 40.4 Å². The van der Waals surface area contributed by atoms with Crippen molar-refractivity contribution < 1.29 is 4.79 Å². The maximum Gasteiger partial charge on any atom is 0.210 e. The van der Waals surface area contributed by atoms with Crippen molar-refractivity contribution in [3.63, 3.8) is 0 Å². The first-order valence-electron chi connectivity index (χ1n) is 8.78. The van der Waals surface area contributed by atoms with Crippen LogP contribution in [0.4, 0.5) is 0 Å². The van der Waals surface area contributed by atoms with E-state index in [1.807, 2.05) is 36.4 Å². The third kappa shape index (κ3) is 2.36. The molecule has 2 nitrogen and oxygen atoms in total. The van der Waals surface area contributed by atoms with Crippen LogP contribution >= 0.6 is 11.3 Å². The van der Waals surface area contributed by atoms with E-state index in [4.69, 9.17) is 0 Å². The zero-order valence-corrected chi connectivity index (χ0v) is 15.0. The van der Waals surface area contributed by atoms with Crippen LogP contribution in [0.2, 0.25) is 0 Å². The van der Waals surface area contributed by atoms with E-state index in [1.165, 1.54) is 11.1 Å². The van der Waals surface area contributed by atoms with Crippen molar-refractivity contribution in [2.75, 3.05) is 0 Å². The molecule has 0 aliphatic carbocycles. The lowest BCUT2D eigenvalue weighted by Crippen LogP contribution is -2.17. The van der Waals surface area contributed by atoms with Crippen LogP contribution in [0.3, 0.4) is 0 Å². The van der Waals surface area contributed by atoms with Crippen LogP contribution in [0.25, 0.3) is 21.7 Å². The number of nitrogens with zero attached hydrogens (tertiary/aromatic N) is 1. The van der Waals surface area contributed by atoms with Gasteiger partial charge in [0, 0.05) is 33.8 Å². The van der Waals surface area contributed by atoms with Crippen LogP contribution < -0.4 is 0 Å². The number of ketones is 1. The fourth-order valence-electron chi connectivity index (χ4n) is 3.82. The molecule has 0 saturated heterocycles. The summed E-state index contributed by atoms with van der Waals surface area (Å²) in [5, 5.41) is 2.07. The third-order valence-corrected chi connectivity index (χ3v) is 5.94. The summed E-state index contributed by atoms with van der Waals surface area (Å²) in [5.41, 5.74) is 6.33. The minimum Gasteiger partial charge on any atom is -0.337 e. The fraction of sp³-hybridized carbons (Fsp3) is 0.0870. The van der Waals surface area contributed by atoms with Crippen molar-refractivity contribution in [1.82, 2.24) is 4.57 Å². The van der Waals surface area contributed by atoms with E-state index in [2.05, 4.69) is 46.3 Å². The van der Waals surface area contributed by atoms with Crippen LogP contribution in [0.5, 0.6) is 0 Å². The van der Waals surface area contributed by atoms with E-state index >= 15 is 0 Å². The second kappa shape index (κ2) is 6.11. The maximum atomic E-state index is 13.4. The summed E-state index contributed by atoms with van der Waals surface area (Å²) in [5.74, 6) is 0.0969. The van der Waals surface area contributed by atoms with E-state index in [0.29, 0.717) is 0 Å².